The third kappa shape index (κ3) is 5.07. The Hall–Kier alpha value is -3.95. The Balaban J connectivity index is 1.42. The van der Waals surface area contributed by atoms with Gasteiger partial charge in [-0.1, -0.05) is 18.2 Å². The number of benzene rings is 1. The van der Waals surface area contributed by atoms with Gasteiger partial charge in [0.1, 0.15) is 12.3 Å². The molecule has 1 aliphatic heterocycles. The Bertz CT molecular complexity index is 1540. The van der Waals surface area contributed by atoms with Crippen LogP contribution in [0.1, 0.15) is 18.0 Å². The Kier molecular flexibility index (Phi) is 7.05. The van der Waals surface area contributed by atoms with Crippen LogP contribution in [0.3, 0.4) is 0 Å². The van der Waals surface area contributed by atoms with Crippen molar-refractivity contribution in [3.05, 3.63) is 66.4 Å². The number of carbonyl (C=O) groups is 1. The van der Waals surface area contributed by atoms with Crippen LogP contribution in [0.4, 0.5) is 14.5 Å². The number of imidazole rings is 1. The number of piperazine rings is 1. The van der Waals surface area contributed by atoms with E-state index in [2.05, 4.69) is 15.2 Å². The number of nitrogens with zero attached hydrogens (tertiary/aromatic N) is 7. The van der Waals surface area contributed by atoms with Crippen molar-refractivity contribution < 1.29 is 31.5 Å². The highest BCUT2D eigenvalue weighted by molar-refractivity contribution is 7.90. The minimum atomic E-state index is -4.01. The minimum absolute atomic E-state index is 0.0801. The average molecular weight is 548 g/mol. The molecule has 12 nitrogen and oxygen atoms in total. The number of rotatable bonds is 8. The largest absolute Gasteiger partial charge is 0.415 e. The summed E-state index contributed by atoms with van der Waals surface area (Å²) in [5.74, 6) is -1.31. The van der Waals surface area contributed by atoms with E-state index < -0.39 is 35.0 Å². The molecule has 0 saturated carbocycles. The van der Waals surface area contributed by atoms with Crippen molar-refractivity contribution in [3.8, 4) is 11.5 Å². The van der Waals surface area contributed by atoms with Gasteiger partial charge in [-0.2, -0.15) is 21.5 Å². The van der Waals surface area contributed by atoms with Gasteiger partial charge in [-0.25, -0.2) is 4.98 Å². The number of hydrogen-bond acceptors (Lipinski definition) is 8. The fraction of sp³-hybridized carbons (Fsp3) is 0.304. The van der Waals surface area contributed by atoms with Crippen molar-refractivity contribution in [1.82, 2.24) is 28.8 Å². The van der Waals surface area contributed by atoms with E-state index in [9.17, 15) is 22.0 Å². The van der Waals surface area contributed by atoms with Crippen LogP contribution in [0.5, 0.6) is 0 Å². The first-order valence-corrected chi connectivity index (χ1v) is 13.0. The maximum absolute atomic E-state index is 13.7. The zero-order valence-electron chi connectivity index (χ0n) is 19.9. The molecule has 0 atom stereocenters. The van der Waals surface area contributed by atoms with Crippen LogP contribution >= 0.6 is 0 Å². The normalized spacial score (nSPS) is 14.9. The molecule has 3 aromatic heterocycles. The van der Waals surface area contributed by atoms with Crippen molar-refractivity contribution in [3.63, 3.8) is 0 Å². The number of fused-ring (bicyclic) bond motifs is 1. The van der Waals surface area contributed by atoms with E-state index in [-0.39, 0.29) is 38.6 Å². The van der Waals surface area contributed by atoms with Crippen LogP contribution in [-0.4, -0.2) is 81.0 Å². The number of halogens is 2. The van der Waals surface area contributed by atoms with Crippen LogP contribution in [0.15, 0.2) is 59.3 Å². The molecule has 200 valence electrons. The summed E-state index contributed by atoms with van der Waals surface area (Å²) in [5.41, 5.74) is 1.68. The fourth-order valence-corrected chi connectivity index (χ4v) is 5.73. The molecule has 0 unspecified atom stereocenters. The molecule has 0 radical (unpaired) electrons. The smallest absolute Gasteiger partial charge is 0.314 e. The maximum atomic E-state index is 13.7. The van der Waals surface area contributed by atoms with Crippen molar-refractivity contribution in [1.29, 1.82) is 0 Å². The SMILES string of the molecule is O=C(CO)N1CCN(S(=O)(=O)N(Cc2cn3ccc(-c4nnc(C(F)F)o4)cc3n2)c2ccccc2)CC1. The topological polar surface area (TPSA) is 137 Å². The third-order valence-corrected chi connectivity index (χ3v) is 7.98. The standard InChI is InChI=1S/C23H23F2N7O5S/c24-21(25)23-28-27-22(37-23)16-6-7-30-13-17(26-19(30)12-16)14-32(18-4-2-1-3-5-18)38(35,36)31-10-8-29(9-11-31)20(34)15-33/h1-7,12-13,21,33H,8-11,14-15H2. The molecule has 0 bridgehead atoms. The predicted octanol–water partition coefficient (Wildman–Crippen LogP) is 1.71. The molecule has 1 N–H and O–H groups in total. The number of carbonyl (C=O) groups excluding carboxylic acids is 1. The van der Waals surface area contributed by atoms with Gasteiger partial charge in [0.15, 0.2) is 0 Å². The van der Waals surface area contributed by atoms with Crippen molar-refractivity contribution in [2.24, 2.45) is 0 Å². The number of aliphatic hydroxyl groups excluding tert-OH is 1. The molecule has 1 aliphatic rings. The lowest BCUT2D eigenvalue weighted by molar-refractivity contribution is -0.135. The number of aliphatic hydroxyl groups is 1. The van der Waals surface area contributed by atoms with E-state index >= 15 is 0 Å². The predicted molar refractivity (Wildman–Crippen MR) is 130 cm³/mol. The van der Waals surface area contributed by atoms with E-state index in [0.29, 0.717) is 22.6 Å². The second kappa shape index (κ2) is 10.4. The Morgan fingerprint density at radius 2 is 1.84 bits per heavy atom. The van der Waals surface area contributed by atoms with Gasteiger partial charge in [0, 0.05) is 44.1 Å². The van der Waals surface area contributed by atoms with E-state index in [0.717, 1.165) is 0 Å². The van der Waals surface area contributed by atoms with Crippen LogP contribution in [-0.2, 0) is 21.5 Å². The van der Waals surface area contributed by atoms with E-state index in [4.69, 9.17) is 9.52 Å². The molecule has 1 aromatic carbocycles. The van der Waals surface area contributed by atoms with E-state index in [1.165, 1.54) is 13.5 Å². The number of aromatic nitrogens is 4. The molecule has 5 rings (SSSR count). The van der Waals surface area contributed by atoms with Gasteiger partial charge < -0.3 is 18.8 Å². The average Bonchev–Trinajstić information content (AvgIpc) is 3.59. The summed E-state index contributed by atoms with van der Waals surface area (Å²) in [5, 5.41) is 16.1. The summed E-state index contributed by atoms with van der Waals surface area (Å²) >= 11 is 0. The highest BCUT2D eigenvalue weighted by Crippen LogP contribution is 2.26. The Labute approximate surface area is 215 Å². The fourth-order valence-electron chi connectivity index (χ4n) is 4.14. The van der Waals surface area contributed by atoms with E-state index in [1.807, 2.05) is 0 Å². The van der Waals surface area contributed by atoms with Gasteiger partial charge in [-0.15, -0.1) is 10.2 Å². The van der Waals surface area contributed by atoms with Crippen LogP contribution in [0, 0.1) is 0 Å². The van der Waals surface area contributed by atoms with Crippen molar-refractivity contribution in [2.75, 3.05) is 37.1 Å². The quantitative estimate of drug-likeness (QED) is 0.352. The zero-order valence-corrected chi connectivity index (χ0v) is 20.7. The minimum Gasteiger partial charge on any atom is -0.415 e. The first-order chi connectivity index (χ1) is 18.3. The third-order valence-electron chi connectivity index (χ3n) is 6.07. The lowest BCUT2D eigenvalue weighted by atomic mass is 10.2. The van der Waals surface area contributed by atoms with Crippen molar-refractivity contribution in [2.45, 2.75) is 13.0 Å². The lowest BCUT2D eigenvalue weighted by Crippen LogP contribution is -2.54. The first-order valence-electron chi connectivity index (χ1n) is 11.6. The zero-order chi connectivity index (χ0) is 26.9. The molecule has 4 heterocycles. The number of pyridine rings is 1. The molecular formula is C23H23F2N7O5S. The summed E-state index contributed by atoms with van der Waals surface area (Å²) in [7, 11) is -4.01. The van der Waals surface area contributed by atoms with Crippen LogP contribution in [0.25, 0.3) is 17.1 Å². The van der Waals surface area contributed by atoms with E-state index in [1.54, 1.807) is 59.3 Å². The monoisotopic (exact) mass is 547 g/mol. The lowest BCUT2D eigenvalue weighted by Gasteiger charge is -2.37. The summed E-state index contributed by atoms with van der Waals surface area (Å²) in [6.45, 7) is -0.219. The highest BCUT2D eigenvalue weighted by Gasteiger charge is 2.34. The van der Waals surface area contributed by atoms with Gasteiger partial charge in [0.2, 0.25) is 11.8 Å². The number of anilines is 1. The Morgan fingerprint density at radius 3 is 2.50 bits per heavy atom. The molecule has 0 spiro atoms. The second-order valence-corrected chi connectivity index (χ2v) is 10.3. The van der Waals surface area contributed by atoms with Crippen LogP contribution < -0.4 is 4.31 Å². The molecule has 4 aromatic rings. The Morgan fingerprint density at radius 1 is 1.11 bits per heavy atom. The molecule has 15 heteroatoms. The second-order valence-electron chi connectivity index (χ2n) is 8.45. The van der Waals surface area contributed by atoms with Gasteiger partial charge in [-0.05, 0) is 24.3 Å². The summed E-state index contributed by atoms with van der Waals surface area (Å²) in [6, 6.07) is 11.7. The number of hydrogen-bond donors (Lipinski definition) is 1. The maximum Gasteiger partial charge on any atom is 0.314 e. The summed E-state index contributed by atoms with van der Waals surface area (Å²) < 4.78 is 62.3. The van der Waals surface area contributed by atoms with Gasteiger partial charge >= 0.3 is 16.6 Å². The number of alkyl halides is 2. The number of amides is 1. The molecule has 38 heavy (non-hydrogen) atoms. The molecular weight excluding hydrogens is 524 g/mol. The molecule has 1 amide bonds. The highest BCUT2D eigenvalue weighted by atomic mass is 32.2. The molecule has 1 fully saturated rings. The number of para-hydroxylation sites is 1. The first kappa shape index (κ1) is 25.7. The molecule has 0 aliphatic carbocycles. The summed E-state index contributed by atoms with van der Waals surface area (Å²) in [6.07, 6.45) is 0.412. The van der Waals surface area contributed by atoms with Gasteiger partial charge in [0.05, 0.1) is 17.9 Å². The van der Waals surface area contributed by atoms with Gasteiger partial charge in [-0.3, -0.25) is 9.10 Å². The molecule has 1 saturated heterocycles. The van der Waals surface area contributed by atoms with Gasteiger partial charge in [0.25, 0.3) is 5.89 Å². The summed E-state index contributed by atoms with van der Waals surface area (Å²) in [4.78, 5) is 17.7. The van der Waals surface area contributed by atoms with Crippen molar-refractivity contribution >= 4 is 27.5 Å². The van der Waals surface area contributed by atoms with Crippen LogP contribution in [0.2, 0.25) is 0 Å².